The lowest BCUT2D eigenvalue weighted by Gasteiger charge is -2.17. The van der Waals surface area contributed by atoms with E-state index in [4.69, 9.17) is 9.84 Å². The molecule has 0 fully saturated rings. The van der Waals surface area contributed by atoms with E-state index in [1.54, 1.807) is 7.11 Å². The van der Waals surface area contributed by atoms with Crippen molar-refractivity contribution in [2.24, 2.45) is 5.92 Å². The first-order chi connectivity index (χ1) is 5.76. The second-order valence-corrected chi connectivity index (χ2v) is 3.03. The van der Waals surface area contributed by atoms with Gasteiger partial charge >= 0.3 is 0 Å². The molecule has 0 aliphatic carbocycles. The van der Waals surface area contributed by atoms with Crippen molar-refractivity contribution < 1.29 is 9.84 Å². The fourth-order valence-electron chi connectivity index (χ4n) is 1.04. The van der Waals surface area contributed by atoms with Gasteiger partial charge in [-0.3, -0.25) is 0 Å². The van der Waals surface area contributed by atoms with Crippen LogP contribution >= 0.6 is 0 Å². The predicted octanol–water partition coefficient (Wildman–Crippen LogP) is 1.99. The van der Waals surface area contributed by atoms with Crippen LogP contribution in [0.1, 0.15) is 26.7 Å². The van der Waals surface area contributed by atoms with Gasteiger partial charge < -0.3 is 9.84 Å². The van der Waals surface area contributed by atoms with Crippen molar-refractivity contribution in [1.29, 1.82) is 0 Å². The summed E-state index contributed by atoms with van der Waals surface area (Å²) >= 11 is 0. The molecule has 0 spiro atoms. The summed E-state index contributed by atoms with van der Waals surface area (Å²) < 4.78 is 5.28. The highest BCUT2D eigenvalue weighted by atomic mass is 16.5. The van der Waals surface area contributed by atoms with E-state index < -0.39 is 0 Å². The van der Waals surface area contributed by atoms with Gasteiger partial charge in [-0.1, -0.05) is 32.4 Å². The fourth-order valence-corrected chi connectivity index (χ4v) is 1.04. The molecule has 0 radical (unpaired) electrons. The van der Waals surface area contributed by atoms with Crippen LogP contribution in [-0.2, 0) is 4.74 Å². The second kappa shape index (κ2) is 7.32. The lowest BCUT2D eigenvalue weighted by atomic mass is 10.0. The smallest absolute Gasteiger partial charge is 0.0777 e. The maximum absolute atomic E-state index is 8.56. The molecule has 2 heteroatoms. The summed E-state index contributed by atoms with van der Waals surface area (Å²) in [6.45, 7) is 4.53. The van der Waals surface area contributed by atoms with E-state index >= 15 is 0 Å². The van der Waals surface area contributed by atoms with Crippen LogP contribution in [0.2, 0.25) is 0 Å². The van der Waals surface area contributed by atoms with Crippen molar-refractivity contribution in [2.75, 3.05) is 13.7 Å². The predicted molar refractivity (Wildman–Crippen MR) is 51.1 cm³/mol. The van der Waals surface area contributed by atoms with Crippen molar-refractivity contribution in [3.05, 3.63) is 12.2 Å². The van der Waals surface area contributed by atoms with Gasteiger partial charge in [0.1, 0.15) is 0 Å². The zero-order chi connectivity index (χ0) is 9.40. The van der Waals surface area contributed by atoms with Crippen LogP contribution < -0.4 is 0 Å². The number of aliphatic hydroxyl groups is 1. The number of hydrogen-bond acceptors (Lipinski definition) is 2. The van der Waals surface area contributed by atoms with Gasteiger partial charge in [-0.25, -0.2) is 0 Å². The Morgan fingerprint density at radius 1 is 1.50 bits per heavy atom. The summed E-state index contributed by atoms with van der Waals surface area (Å²) in [5, 5.41) is 8.56. The Morgan fingerprint density at radius 3 is 2.58 bits per heavy atom. The average molecular weight is 172 g/mol. The van der Waals surface area contributed by atoms with Crippen molar-refractivity contribution in [3.63, 3.8) is 0 Å². The van der Waals surface area contributed by atoms with Crippen LogP contribution in [0.25, 0.3) is 0 Å². The zero-order valence-electron chi connectivity index (χ0n) is 8.29. The maximum Gasteiger partial charge on any atom is 0.0777 e. The van der Waals surface area contributed by atoms with Gasteiger partial charge in [0, 0.05) is 13.7 Å². The normalized spacial score (nSPS) is 16.7. The molecule has 0 aromatic heterocycles. The van der Waals surface area contributed by atoms with E-state index in [1.165, 1.54) is 0 Å². The molecular weight excluding hydrogens is 152 g/mol. The minimum absolute atomic E-state index is 0.196. The molecule has 0 amide bonds. The van der Waals surface area contributed by atoms with Crippen LogP contribution in [-0.4, -0.2) is 24.9 Å². The first kappa shape index (κ1) is 11.7. The first-order valence-electron chi connectivity index (χ1n) is 4.56. The third-order valence-corrected chi connectivity index (χ3v) is 2.10. The topological polar surface area (TPSA) is 29.5 Å². The van der Waals surface area contributed by atoms with Crippen molar-refractivity contribution in [2.45, 2.75) is 32.8 Å². The molecule has 1 N–H and O–H groups in total. The van der Waals surface area contributed by atoms with E-state index in [9.17, 15) is 0 Å². The van der Waals surface area contributed by atoms with E-state index in [1.807, 2.05) is 12.2 Å². The van der Waals surface area contributed by atoms with E-state index in [0.29, 0.717) is 5.92 Å². The Labute approximate surface area is 75.2 Å². The number of hydrogen-bond donors (Lipinski definition) is 1. The first-order valence-corrected chi connectivity index (χ1v) is 4.56. The molecule has 0 aliphatic heterocycles. The number of ether oxygens (including phenoxy) is 1. The lowest BCUT2D eigenvalue weighted by molar-refractivity contribution is 0.0946. The molecule has 0 rings (SSSR count). The van der Waals surface area contributed by atoms with Crippen LogP contribution in [0.4, 0.5) is 0 Å². The minimum atomic E-state index is 0.196. The van der Waals surface area contributed by atoms with E-state index in [0.717, 1.165) is 12.8 Å². The molecule has 0 aromatic rings. The van der Waals surface area contributed by atoms with Crippen LogP contribution in [0.3, 0.4) is 0 Å². The summed E-state index contributed by atoms with van der Waals surface area (Å²) in [5.74, 6) is 0.546. The molecule has 0 aliphatic rings. The van der Waals surface area contributed by atoms with Gasteiger partial charge in [-0.2, -0.15) is 0 Å². The molecule has 0 bridgehead atoms. The number of methoxy groups -OCH3 is 1. The van der Waals surface area contributed by atoms with Gasteiger partial charge in [0.15, 0.2) is 0 Å². The monoisotopic (exact) mass is 172 g/mol. The van der Waals surface area contributed by atoms with Gasteiger partial charge in [-0.15, -0.1) is 0 Å². The number of rotatable bonds is 6. The minimum Gasteiger partial charge on any atom is -0.396 e. The van der Waals surface area contributed by atoms with Gasteiger partial charge in [0.05, 0.1) is 6.10 Å². The molecule has 0 saturated carbocycles. The molecule has 0 aromatic carbocycles. The highest BCUT2D eigenvalue weighted by Crippen LogP contribution is 2.11. The summed E-state index contributed by atoms with van der Waals surface area (Å²) in [5.41, 5.74) is 0. The summed E-state index contributed by atoms with van der Waals surface area (Å²) in [7, 11) is 1.72. The molecule has 2 unspecified atom stereocenters. The summed E-state index contributed by atoms with van der Waals surface area (Å²) in [6.07, 6.45) is 6.03. The van der Waals surface area contributed by atoms with Crippen molar-refractivity contribution in [3.8, 4) is 0 Å². The lowest BCUT2D eigenvalue weighted by Crippen LogP contribution is -2.16. The van der Waals surface area contributed by atoms with Gasteiger partial charge in [-0.05, 0) is 12.3 Å². The largest absolute Gasteiger partial charge is 0.396 e. The number of aliphatic hydroxyl groups excluding tert-OH is 1. The molecule has 2 nitrogen and oxygen atoms in total. The Kier molecular flexibility index (Phi) is 7.11. The Morgan fingerprint density at radius 2 is 2.17 bits per heavy atom. The zero-order valence-corrected chi connectivity index (χ0v) is 8.29. The molecule has 0 heterocycles. The Hall–Kier alpha value is -0.340. The Bertz CT molecular complexity index is 121. The van der Waals surface area contributed by atoms with Crippen LogP contribution in [0.15, 0.2) is 12.2 Å². The molecule has 2 atom stereocenters. The third-order valence-electron chi connectivity index (χ3n) is 2.10. The van der Waals surface area contributed by atoms with Crippen molar-refractivity contribution in [1.82, 2.24) is 0 Å². The third kappa shape index (κ3) is 4.52. The van der Waals surface area contributed by atoms with Gasteiger partial charge in [0.2, 0.25) is 0 Å². The maximum atomic E-state index is 8.56. The van der Waals surface area contributed by atoms with Crippen LogP contribution in [0, 0.1) is 5.92 Å². The average Bonchev–Trinajstić information content (AvgIpc) is 2.11. The summed E-state index contributed by atoms with van der Waals surface area (Å²) in [4.78, 5) is 0. The Balaban J connectivity index is 3.81. The van der Waals surface area contributed by atoms with E-state index in [2.05, 4.69) is 13.8 Å². The molecule has 72 valence electrons. The highest BCUT2D eigenvalue weighted by molar-refractivity contribution is 4.91. The fraction of sp³-hybridized carbons (Fsp3) is 0.800. The SMILES string of the molecule is CCC(C)C(C=CCCO)OC. The quantitative estimate of drug-likeness (QED) is 0.621. The van der Waals surface area contributed by atoms with Gasteiger partial charge in [0.25, 0.3) is 0 Å². The second-order valence-electron chi connectivity index (χ2n) is 3.03. The standard InChI is InChI=1S/C10H20O2/c1-4-9(2)10(12-3)7-5-6-8-11/h5,7,9-11H,4,6,8H2,1-3H3. The van der Waals surface area contributed by atoms with Crippen LogP contribution in [0.5, 0.6) is 0 Å². The molecule has 0 saturated heterocycles. The molecule has 12 heavy (non-hydrogen) atoms. The highest BCUT2D eigenvalue weighted by Gasteiger charge is 2.10. The van der Waals surface area contributed by atoms with E-state index in [-0.39, 0.29) is 12.7 Å². The summed E-state index contributed by atoms with van der Waals surface area (Å²) in [6, 6.07) is 0. The van der Waals surface area contributed by atoms with Crippen molar-refractivity contribution >= 4 is 0 Å². The molecular formula is C10H20O2.